The number of hydrogen-bond acceptors (Lipinski definition) is 3. The van der Waals surface area contributed by atoms with Crippen molar-refractivity contribution in [2.75, 3.05) is 0 Å². The quantitative estimate of drug-likeness (QED) is 0.799. The Balaban J connectivity index is 1.52. The molecule has 0 saturated heterocycles. The van der Waals surface area contributed by atoms with Crippen LogP contribution in [0, 0.1) is 13.8 Å². The van der Waals surface area contributed by atoms with Gasteiger partial charge in [-0.25, -0.2) is 0 Å². The van der Waals surface area contributed by atoms with Crippen LogP contribution in [0.1, 0.15) is 34.0 Å². The highest BCUT2D eigenvalue weighted by Crippen LogP contribution is 2.18. The summed E-state index contributed by atoms with van der Waals surface area (Å²) in [7, 11) is 0. The summed E-state index contributed by atoms with van der Waals surface area (Å²) in [6, 6.07) is 9.89. The number of aromatic nitrogens is 4. The molecule has 4 rings (SSSR count). The summed E-state index contributed by atoms with van der Waals surface area (Å²) in [4.78, 5) is 12.7. The number of rotatable bonds is 3. The Bertz CT molecular complexity index is 910. The lowest BCUT2D eigenvalue weighted by atomic mass is 10.1. The molecule has 1 amide bonds. The van der Waals surface area contributed by atoms with E-state index in [4.69, 9.17) is 0 Å². The highest BCUT2D eigenvalue weighted by molar-refractivity contribution is 5.95. The minimum Gasteiger partial charge on any atom is -0.347 e. The van der Waals surface area contributed by atoms with Crippen molar-refractivity contribution in [1.29, 1.82) is 0 Å². The molecule has 6 nitrogen and oxygen atoms in total. The fraction of sp³-hybridized carbons (Fsp3) is 0.316. The van der Waals surface area contributed by atoms with Crippen LogP contribution in [0.5, 0.6) is 0 Å². The second-order valence-electron chi connectivity index (χ2n) is 6.57. The lowest BCUT2D eigenvalue weighted by Crippen LogP contribution is -2.41. The molecule has 0 spiro atoms. The number of nitrogens with zero attached hydrogens (tertiary/aromatic N) is 4. The normalized spacial score (nSPS) is 16.5. The highest BCUT2D eigenvalue weighted by atomic mass is 16.1. The number of amides is 1. The van der Waals surface area contributed by atoms with Crippen LogP contribution >= 0.6 is 0 Å². The second kappa shape index (κ2) is 6.20. The molecule has 0 radical (unpaired) electrons. The average molecular weight is 335 g/mol. The molecule has 0 aliphatic carbocycles. The van der Waals surface area contributed by atoms with Gasteiger partial charge in [-0.05, 0) is 50.1 Å². The molecule has 0 saturated carbocycles. The Kier molecular flexibility index (Phi) is 3.87. The Hall–Kier alpha value is -2.89. The van der Waals surface area contributed by atoms with Crippen molar-refractivity contribution in [3.8, 4) is 5.69 Å². The van der Waals surface area contributed by atoms with Gasteiger partial charge >= 0.3 is 0 Å². The monoisotopic (exact) mass is 335 g/mol. The molecule has 128 valence electrons. The molecule has 1 unspecified atom stereocenters. The molecule has 0 bridgehead atoms. The number of nitrogens with one attached hydrogen (secondary N) is 1. The lowest BCUT2D eigenvalue weighted by molar-refractivity contribution is 0.0927. The second-order valence-corrected chi connectivity index (χ2v) is 6.57. The number of carbonyl (C=O) groups is 1. The van der Waals surface area contributed by atoms with Crippen molar-refractivity contribution in [1.82, 2.24) is 24.6 Å². The molecule has 3 heterocycles. The van der Waals surface area contributed by atoms with E-state index in [-0.39, 0.29) is 11.9 Å². The van der Waals surface area contributed by atoms with Crippen LogP contribution in [-0.4, -0.2) is 31.3 Å². The van der Waals surface area contributed by atoms with E-state index in [1.54, 1.807) is 0 Å². The predicted molar refractivity (Wildman–Crippen MR) is 94.8 cm³/mol. The first-order valence-electron chi connectivity index (χ1n) is 8.55. The number of aryl methyl sites for hydroxylation is 3. The highest BCUT2D eigenvalue weighted by Gasteiger charge is 2.23. The zero-order valence-corrected chi connectivity index (χ0v) is 14.4. The summed E-state index contributed by atoms with van der Waals surface area (Å²) in [5, 5.41) is 11.5. The van der Waals surface area contributed by atoms with Crippen molar-refractivity contribution >= 4 is 5.91 Å². The summed E-state index contributed by atoms with van der Waals surface area (Å²) < 4.78 is 4.12. The molecule has 6 heteroatoms. The third-order valence-corrected chi connectivity index (χ3v) is 4.82. The smallest absolute Gasteiger partial charge is 0.251 e. The van der Waals surface area contributed by atoms with Crippen molar-refractivity contribution in [2.24, 2.45) is 0 Å². The first-order chi connectivity index (χ1) is 12.1. The van der Waals surface area contributed by atoms with Crippen LogP contribution in [0.15, 0.2) is 42.7 Å². The van der Waals surface area contributed by atoms with Gasteiger partial charge in [-0.2, -0.15) is 0 Å². The van der Waals surface area contributed by atoms with Gasteiger partial charge in [-0.15, -0.1) is 10.2 Å². The van der Waals surface area contributed by atoms with Crippen molar-refractivity contribution in [2.45, 2.75) is 39.3 Å². The van der Waals surface area contributed by atoms with Crippen molar-refractivity contribution in [3.05, 3.63) is 65.5 Å². The van der Waals surface area contributed by atoms with Gasteiger partial charge in [0.15, 0.2) is 0 Å². The minimum absolute atomic E-state index is 0.0346. The van der Waals surface area contributed by atoms with E-state index < -0.39 is 0 Å². The Morgan fingerprint density at radius 2 is 2.00 bits per heavy atom. The maximum Gasteiger partial charge on any atom is 0.251 e. The van der Waals surface area contributed by atoms with E-state index in [9.17, 15) is 4.79 Å². The van der Waals surface area contributed by atoms with Crippen molar-refractivity contribution < 1.29 is 4.79 Å². The fourth-order valence-electron chi connectivity index (χ4n) is 3.37. The zero-order chi connectivity index (χ0) is 17.4. The van der Waals surface area contributed by atoms with Crippen LogP contribution in [0.25, 0.3) is 5.69 Å². The fourth-order valence-corrected chi connectivity index (χ4v) is 3.37. The Morgan fingerprint density at radius 3 is 2.80 bits per heavy atom. The zero-order valence-electron chi connectivity index (χ0n) is 14.4. The molecule has 3 aromatic rings. The molecule has 1 aliphatic heterocycles. The maximum absolute atomic E-state index is 12.7. The van der Waals surface area contributed by atoms with E-state index in [0.717, 1.165) is 42.3 Å². The van der Waals surface area contributed by atoms with Crippen LogP contribution in [0.2, 0.25) is 0 Å². The number of carbonyl (C=O) groups excluding carboxylic acids is 1. The topological polar surface area (TPSA) is 64.7 Å². The van der Waals surface area contributed by atoms with Crippen molar-refractivity contribution in [3.63, 3.8) is 0 Å². The molecule has 1 aliphatic rings. The SMILES string of the molecule is Cc1ccc(C(=O)NC2CCc3nnc(C)n3C2)cc1-n1cccc1. The van der Waals surface area contributed by atoms with E-state index in [1.807, 2.05) is 54.2 Å². The molecule has 25 heavy (non-hydrogen) atoms. The maximum atomic E-state index is 12.7. The molecule has 2 aromatic heterocycles. The molecule has 1 atom stereocenters. The summed E-state index contributed by atoms with van der Waals surface area (Å²) in [6.45, 7) is 4.73. The van der Waals surface area contributed by atoms with Crippen LogP contribution in [0.4, 0.5) is 0 Å². The van der Waals surface area contributed by atoms with Crippen LogP contribution in [0.3, 0.4) is 0 Å². The summed E-state index contributed by atoms with van der Waals surface area (Å²) in [5.74, 6) is 1.87. The van der Waals surface area contributed by atoms with Gasteiger partial charge < -0.3 is 14.5 Å². The van der Waals surface area contributed by atoms with E-state index in [0.29, 0.717) is 5.56 Å². The van der Waals surface area contributed by atoms with E-state index >= 15 is 0 Å². The molecular weight excluding hydrogens is 314 g/mol. The van der Waals surface area contributed by atoms with E-state index in [1.165, 1.54) is 0 Å². The van der Waals surface area contributed by atoms with Gasteiger partial charge in [0.05, 0.1) is 0 Å². The van der Waals surface area contributed by atoms with Crippen LogP contribution in [-0.2, 0) is 13.0 Å². The number of benzene rings is 1. The molecule has 0 fully saturated rings. The standard InChI is InChI=1S/C19H21N5O/c1-13-5-6-15(11-17(13)23-9-3-4-10-23)19(25)20-16-7-8-18-22-21-14(2)24(18)12-16/h3-6,9-11,16H,7-8,12H2,1-2H3,(H,20,25). The molecular formula is C19H21N5O. The van der Waals surface area contributed by atoms with Crippen LogP contribution < -0.4 is 5.32 Å². The first-order valence-corrected chi connectivity index (χ1v) is 8.55. The number of fused-ring (bicyclic) bond motifs is 1. The largest absolute Gasteiger partial charge is 0.347 e. The minimum atomic E-state index is -0.0346. The lowest BCUT2D eigenvalue weighted by Gasteiger charge is -2.25. The van der Waals surface area contributed by atoms with Gasteiger partial charge in [-0.1, -0.05) is 6.07 Å². The summed E-state index contributed by atoms with van der Waals surface area (Å²) in [6.07, 6.45) is 5.71. The van der Waals surface area contributed by atoms with Gasteiger partial charge in [0.25, 0.3) is 5.91 Å². The summed E-state index contributed by atoms with van der Waals surface area (Å²) >= 11 is 0. The number of hydrogen-bond donors (Lipinski definition) is 1. The Labute approximate surface area is 146 Å². The third kappa shape index (κ3) is 2.95. The summed E-state index contributed by atoms with van der Waals surface area (Å²) in [5.41, 5.74) is 2.84. The van der Waals surface area contributed by atoms with Gasteiger partial charge in [0.2, 0.25) is 0 Å². The predicted octanol–water partition coefficient (Wildman–Crippen LogP) is 2.43. The Morgan fingerprint density at radius 1 is 1.20 bits per heavy atom. The van der Waals surface area contributed by atoms with Gasteiger partial charge in [0.1, 0.15) is 11.6 Å². The average Bonchev–Trinajstić information content (AvgIpc) is 3.26. The van der Waals surface area contributed by atoms with Gasteiger partial charge in [-0.3, -0.25) is 4.79 Å². The first kappa shape index (κ1) is 15.6. The van der Waals surface area contributed by atoms with E-state index in [2.05, 4.69) is 27.0 Å². The molecule has 1 aromatic carbocycles. The molecule has 1 N–H and O–H groups in total. The third-order valence-electron chi connectivity index (χ3n) is 4.82. The van der Waals surface area contributed by atoms with Gasteiger partial charge in [0, 0.05) is 42.7 Å².